The second-order valence-corrected chi connectivity index (χ2v) is 11.7. The van der Waals surface area contributed by atoms with Crippen LogP contribution < -0.4 is 11.1 Å². The molecule has 7 nitrogen and oxygen atoms in total. The molecule has 8 heteroatoms. The Balaban J connectivity index is 2.02. The van der Waals surface area contributed by atoms with Gasteiger partial charge < -0.3 is 15.2 Å². The zero-order valence-electron chi connectivity index (χ0n) is 16.7. The van der Waals surface area contributed by atoms with Crippen LogP contribution in [-0.4, -0.2) is 66.7 Å². The number of epoxide rings is 1. The van der Waals surface area contributed by atoms with Crippen LogP contribution in [0, 0.1) is 0 Å². The zero-order chi connectivity index (χ0) is 19.3. The number of hydrogen-bond acceptors (Lipinski definition) is 7. The van der Waals surface area contributed by atoms with Crippen molar-refractivity contribution in [2.24, 2.45) is 5.73 Å². The molecule has 2 rings (SSSR count). The lowest BCUT2D eigenvalue weighted by atomic mass is 9.97. The van der Waals surface area contributed by atoms with Crippen LogP contribution in [0.2, 0.25) is 0 Å². The van der Waals surface area contributed by atoms with Crippen molar-refractivity contribution in [3.8, 4) is 0 Å². The summed E-state index contributed by atoms with van der Waals surface area (Å²) in [6.07, 6.45) is 0.415. The van der Waals surface area contributed by atoms with E-state index in [-0.39, 0.29) is 23.5 Å². The van der Waals surface area contributed by atoms with Crippen LogP contribution >= 0.6 is 0 Å². The highest BCUT2D eigenvalue weighted by Crippen LogP contribution is 2.46. The number of ether oxygens (including phenoxy) is 2. The molecule has 0 aromatic carbocycles. The van der Waals surface area contributed by atoms with E-state index in [4.69, 9.17) is 15.2 Å². The summed E-state index contributed by atoms with van der Waals surface area (Å²) in [6, 6.07) is 0. The standard InChI is InChI=1S/C17H35N3O4S/c1-8-14(2,3)23-11-15(4,5)25(21,22)10-9-20-13(18)19-16(6,7)17(20)12-24-17/h13,19H,8-12,18H2,1-7H3. The number of nitrogens with zero attached hydrogens (tertiary/aromatic N) is 1. The van der Waals surface area contributed by atoms with Crippen LogP contribution in [0.1, 0.15) is 54.9 Å². The van der Waals surface area contributed by atoms with Gasteiger partial charge in [0.1, 0.15) is 6.29 Å². The molecule has 0 aliphatic carbocycles. The summed E-state index contributed by atoms with van der Waals surface area (Å²) in [5.74, 6) is 0.0203. The van der Waals surface area contributed by atoms with Gasteiger partial charge in [0.15, 0.2) is 15.6 Å². The van der Waals surface area contributed by atoms with E-state index in [2.05, 4.69) is 5.32 Å². The predicted octanol–water partition coefficient (Wildman–Crippen LogP) is 1.04. The molecule has 0 saturated carbocycles. The van der Waals surface area contributed by atoms with Gasteiger partial charge in [0.25, 0.3) is 0 Å². The van der Waals surface area contributed by atoms with E-state index >= 15 is 0 Å². The van der Waals surface area contributed by atoms with Gasteiger partial charge in [-0.25, -0.2) is 13.3 Å². The third-order valence-electron chi connectivity index (χ3n) is 5.81. The van der Waals surface area contributed by atoms with Crippen molar-refractivity contribution in [2.45, 2.75) is 82.8 Å². The van der Waals surface area contributed by atoms with E-state index in [0.717, 1.165) is 6.42 Å². The van der Waals surface area contributed by atoms with Gasteiger partial charge in [-0.05, 0) is 48.0 Å². The quantitative estimate of drug-likeness (QED) is 0.610. The first-order valence-electron chi connectivity index (χ1n) is 9.00. The van der Waals surface area contributed by atoms with E-state index in [0.29, 0.717) is 13.2 Å². The number of sulfone groups is 1. The number of nitrogens with two attached hydrogens (primary N) is 1. The molecule has 25 heavy (non-hydrogen) atoms. The van der Waals surface area contributed by atoms with E-state index in [9.17, 15) is 8.42 Å². The molecule has 2 aliphatic rings. The Morgan fingerprint density at radius 1 is 1.32 bits per heavy atom. The van der Waals surface area contributed by atoms with Gasteiger partial charge in [0.2, 0.25) is 0 Å². The summed E-state index contributed by atoms with van der Waals surface area (Å²) in [4.78, 5) is 1.93. The average Bonchev–Trinajstić information content (AvgIpc) is 3.23. The largest absolute Gasteiger partial charge is 0.374 e. The first-order valence-corrected chi connectivity index (χ1v) is 10.7. The molecule has 0 aromatic rings. The Morgan fingerprint density at radius 2 is 1.88 bits per heavy atom. The van der Waals surface area contributed by atoms with Crippen LogP contribution in [0.25, 0.3) is 0 Å². The molecular weight excluding hydrogens is 342 g/mol. The predicted molar refractivity (Wildman–Crippen MR) is 98.8 cm³/mol. The topological polar surface area (TPSA) is 97.2 Å². The lowest BCUT2D eigenvalue weighted by Gasteiger charge is -2.33. The van der Waals surface area contributed by atoms with Crippen LogP contribution in [-0.2, 0) is 19.3 Å². The van der Waals surface area contributed by atoms with Gasteiger partial charge in [-0.15, -0.1) is 0 Å². The average molecular weight is 378 g/mol. The van der Waals surface area contributed by atoms with Crippen molar-refractivity contribution in [3.05, 3.63) is 0 Å². The minimum Gasteiger partial charge on any atom is -0.374 e. The maximum atomic E-state index is 12.9. The maximum Gasteiger partial charge on any atom is 0.165 e. The Hall–Kier alpha value is -0.250. The summed E-state index contributed by atoms with van der Waals surface area (Å²) in [5.41, 5.74) is 5.03. The van der Waals surface area contributed by atoms with Gasteiger partial charge in [0.05, 0.1) is 34.9 Å². The van der Waals surface area contributed by atoms with E-state index in [1.807, 2.05) is 39.5 Å². The van der Waals surface area contributed by atoms with Crippen molar-refractivity contribution in [2.75, 3.05) is 25.5 Å². The summed E-state index contributed by atoms with van der Waals surface area (Å²) in [5, 5.41) is 3.28. The molecule has 0 aromatic heterocycles. The molecule has 2 heterocycles. The van der Waals surface area contributed by atoms with Gasteiger partial charge in [-0.2, -0.15) is 0 Å². The molecule has 2 aliphatic heterocycles. The SMILES string of the molecule is CCC(C)(C)OCC(C)(C)S(=O)(=O)CCN1C(N)NC(C)(C)C12CO2. The van der Waals surface area contributed by atoms with Crippen LogP contribution in [0.3, 0.4) is 0 Å². The molecule has 0 bridgehead atoms. The molecule has 0 radical (unpaired) electrons. The first kappa shape index (κ1) is 21.1. The normalized spacial score (nSPS) is 30.2. The van der Waals surface area contributed by atoms with E-state index in [1.165, 1.54) is 0 Å². The fraction of sp³-hybridized carbons (Fsp3) is 1.00. The summed E-state index contributed by atoms with van der Waals surface area (Å²) in [7, 11) is -3.37. The third kappa shape index (κ3) is 3.89. The Labute approximate surface area is 152 Å². The monoisotopic (exact) mass is 377 g/mol. The minimum absolute atomic E-state index is 0.0203. The fourth-order valence-corrected chi connectivity index (χ4v) is 4.34. The highest BCUT2D eigenvalue weighted by Gasteiger charge is 2.67. The van der Waals surface area contributed by atoms with Crippen molar-refractivity contribution in [3.63, 3.8) is 0 Å². The first-order chi connectivity index (χ1) is 11.2. The Bertz CT molecular complexity index is 597. The van der Waals surface area contributed by atoms with Crippen molar-refractivity contribution < 1.29 is 17.9 Å². The molecule has 1 spiro atoms. The third-order valence-corrected chi connectivity index (χ3v) is 8.33. The summed E-state index contributed by atoms with van der Waals surface area (Å²) >= 11 is 0. The van der Waals surface area contributed by atoms with Crippen LogP contribution in [0.4, 0.5) is 0 Å². The van der Waals surface area contributed by atoms with Crippen molar-refractivity contribution in [1.82, 2.24) is 10.2 Å². The van der Waals surface area contributed by atoms with E-state index < -0.39 is 26.6 Å². The van der Waals surface area contributed by atoms with Crippen LogP contribution in [0.5, 0.6) is 0 Å². The summed E-state index contributed by atoms with van der Waals surface area (Å²) < 4.78 is 36.4. The highest BCUT2D eigenvalue weighted by molar-refractivity contribution is 7.92. The smallest absolute Gasteiger partial charge is 0.165 e. The highest BCUT2D eigenvalue weighted by atomic mass is 32.2. The molecule has 0 amide bonds. The molecule has 3 N–H and O–H groups in total. The van der Waals surface area contributed by atoms with E-state index in [1.54, 1.807) is 13.8 Å². The molecule has 2 saturated heterocycles. The van der Waals surface area contributed by atoms with Gasteiger partial charge in [-0.3, -0.25) is 5.32 Å². The molecule has 2 fully saturated rings. The Kier molecular flexibility index (Phi) is 5.41. The lowest BCUT2D eigenvalue weighted by molar-refractivity contribution is -0.0285. The molecule has 148 valence electrons. The summed E-state index contributed by atoms with van der Waals surface area (Å²) in [6.45, 7) is 14.6. The van der Waals surface area contributed by atoms with Gasteiger partial charge >= 0.3 is 0 Å². The number of hydrogen-bond donors (Lipinski definition) is 2. The lowest BCUT2D eigenvalue weighted by Crippen LogP contribution is -2.51. The minimum atomic E-state index is -3.37. The molecule has 2 atom stereocenters. The number of rotatable bonds is 8. The van der Waals surface area contributed by atoms with Crippen molar-refractivity contribution in [1.29, 1.82) is 0 Å². The van der Waals surface area contributed by atoms with Gasteiger partial charge in [-0.1, -0.05) is 6.92 Å². The van der Waals surface area contributed by atoms with Crippen molar-refractivity contribution >= 4 is 9.84 Å². The maximum absolute atomic E-state index is 12.9. The fourth-order valence-electron chi connectivity index (χ4n) is 3.11. The Morgan fingerprint density at radius 3 is 2.36 bits per heavy atom. The van der Waals surface area contributed by atoms with Gasteiger partial charge in [0, 0.05) is 6.54 Å². The molecule has 2 unspecified atom stereocenters. The number of nitrogens with one attached hydrogen (secondary N) is 1. The zero-order valence-corrected chi connectivity index (χ0v) is 17.5. The second-order valence-electron chi connectivity index (χ2n) is 8.96. The second kappa shape index (κ2) is 6.42. The molecular formula is C17H35N3O4S. The van der Waals surface area contributed by atoms with Crippen LogP contribution in [0.15, 0.2) is 0 Å².